The molecule has 0 radical (unpaired) electrons. The number of fused-ring (bicyclic) bond motifs is 1. The van der Waals surface area contributed by atoms with Crippen LogP contribution in [0, 0.1) is 5.82 Å². The first kappa shape index (κ1) is 25.3. The number of amides is 1. The summed E-state index contributed by atoms with van der Waals surface area (Å²) in [7, 11) is 1.48. The van der Waals surface area contributed by atoms with Crippen LogP contribution in [0.15, 0.2) is 42.6 Å². The molecule has 2 aliphatic heterocycles. The molecule has 1 amide bonds. The van der Waals surface area contributed by atoms with E-state index in [1.165, 1.54) is 19.3 Å². The maximum Gasteiger partial charge on any atom is 0.253 e. The standard InChI is InChI=1S/C27H28ClFN4O4/c1-31-25(35)17-14-33-26(36-11-10-34)24(30)22(17)21-16-13-27(20-8-5-9-32-20,15-6-3-2-4-7-15)37-19(16)12-18(29)23(21)28/h2-4,6-7,12,14,20,32,34H,5,8-11,13,30H2,1H3,(H,31,35)/t20-,27-/m0/s1. The Hall–Kier alpha value is -3.40. The zero-order valence-corrected chi connectivity index (χ0v) is 21.1. The number of hydrogen-bond acceptors (Lipinski definition) is 7. The molecule has 3 aromatic rings. The van der Waals surface area contributed by atoms with Crippen molar-refractivity contribution in [1.82, 2.24) is 15.6 Å². The number of halogens is 2. The zero-order chi connectivity index (χ0) is 26.2. The number of benzene rings is 2. The number of carbonyl (C=O) groups is 1. The molecule has 2 atom stereocenters. The van der Waals surface area contributed by atoms with Crippen molar-refractivity contribution in [3.05, 3.63) is 70.1 Å². The molecule has 0 saturated carbocycles. The molecule has 0 spiro atoms. The number of aliphatic hydroxyl groups excluding tert-OH is 1. The summed E-state index contributed by atoms with van der Waals surface area (Å²) < 4.78 is 27.5. The van der Waals surface area contributed by atoms with Crippen LogP contribution in [-0.2, 0) is 12.0 Å². The number of anilines is 1. The highest BCUT2D eigenvalue weighted by Crippen LogP contribution is 2.53. The number of nitrogens with zero attached hydrogens (tertiary/aromatic N) is 1. The molecule has 10 heteroatoms. The maximum absolute atomic E-state index is 15.4. The van der Waals surface area contributed by atoms with Crippen molar-refractivity contribution in [2.24, 2.45) is 0 Å². The number of carbonyl (C=O) groups excluding carboxylic acids is 1. The Morgan fingerprint density at radius 1 is 1.38 bits per heavy atom. The van der Waals surface area contributed by atoms with Gasteiger partial charge in [0.05, 0.1) is 23.2 Å². The van der Waals surface area contributed by atoms with E-state index in [-0.39, 0.29) is 52.5 Å². The number of nitrogens with two attached hydrogens (primary N) is 1. The third kappa shape index (κ3) is 4.27. The number of aromatic nitrogens is 1. The van der Waals surface area contributed by atoms with E-state index in [0.717, 1.165) is 24.9 Å². The normalized spacial score (nSPS) is 20.4. The van der Waals surface area contributed by atoms with Gasteiger partial charge in [-0.25, -0.2) is 9.37 Å². The van der Waals surface area contributed by atoms with Gasteiger partial charge in [-0.1, -0.05) is 41.9 Å². The van der Waals surface area contributed by atoms with Gasteiger partial charge in [-0.05, 0) is 24.9 Å². The fourth-order valence-electron chi connectivity index (χ4n) is 5.36. The summed E-state index contributed by atoms with van der Waals surface area (Å²) in [6.45, 7) is 0.536. The van der Waals surface area contributed by atoms with Crippen LogP contribution in [0.4, 0.5) is 10.1 Å². The highest BCUT2D eigenvalue weighted by atomic mass is 35.5. The molecule has 1 aromatic heterocycles. The Kier molecular flexibility index (Phi) is 6.94. The van der Waals surface area contributed by atoms with Gasteiger partial charge >= 0.3 is 0 Å². The quantitative estimate of drug-likeness (QED) is 0.372. The Morgan fingerprint density at radius 2 is 2.16 bits per heavy atom. The van der Waals surface area contributed by atoms with Gasteiger partial charge in [0, 0.05) is 42.4 Å². The van der Waals surface area contributed by atoms with E-state index < -0.39 is 17.3 Å². The van der Waals surface area contributed by atoms with E-state index in [1.54, 1.807) is 0 Å². The molecular weight excluding hydrogens is 499 g/mol. The van der Waals surface area contributed by atoms with Crippen LogP contribution in [0.25, 0.3) is 11.1 Å². The van der Waals surface area contributed by atoms with Crippen molar-refractivity contribution < 1.29 is 23.8 Å². The van der Waals surface area contributed by atoms with Gasteiger partial charge in [0.1, 0.15) is 23.9 Å². The third-order valence-electron chi connectivity index (χ3n) is 7.04. The van der Waals surface area contributed by atoms with Crippen molar-refractivity contribution in [1.29, 1.82) is 0 Å². The summed E-state index contributed by atoms with van der Waals surface area (Å²) in [5, 5.41) is 15.2. The number of hydrogen-bond donors (Lipinski definition) is 4. The average molecular weight is 527 g/mol. The largest absolute Gasteiger partial charge is 0.480 e. The highest BCUT2D eigenvalue weighted by Gasteiger charge is 2.50. The van der Waals surface area contributed by atoms with E-state index in [0.29, 0.717) is 17.7 Å². The molecule has 2 aliphatic rings. The third-order valence-corrected chi connectivity index (χ3v) is 7.40. The SMILES string of the molecule is CNC(=O)c1cnc(OCCO)c(N)c1-c1c(Cl)c(F)cc2c1C[C@](c1ccccc1)([C@@H]1CCCN1)O2. The van der Waals surface area contributed by atoms with Crippen LogP contribution in [0.1, 0.15) is 34.3 Å². The second-order valence-corrected chi connectivity index (χ2v) is 9.50. The molecule has 0 bridgehead atoms. The van der Waals surface area contributed by atoms with E-state index in [1.807, 2.05) is 30.3 Å². The predicted molar refractivity (Wildman–Crippen MR) is 139 cm³/mol. The lowest BCUT2D eigenvalue weighted by Crippen LogP contribution is -2.48. The van der Waals surface area contributed by atoms with Crippen LogP contribution in [-0.4, -0.2) is 48.8 Å². The molecule has 37 heavy (non-hydrogen) atoms. The minimum Gasteiger partial charge on any atom is -0.480 e. The lowest BCUT2D eigenvalue weighted by molar-refractivity contribution is 0.0539. The summed E-state index contributed by atoms with van der Waals surface area (Å²) in [6, 6.07) is 11.1. The number of aliphatic hydroxyl groups is 1. The first-order valence-corrected chi connectivity index (χ1v) is 12.5. The van der Waals surface area contributed by atoms with Crippen molar-refractivity contribution in [2.75, 3.05) is 32.5 Å². The second kappa shape index (κ2) is 10.2. The summed E-state index contributed by atoms with van der Waals surface area (Å²) in [6.07, 6.45) is 3.56. The number of nitrogens with one attached hydrogen (secondary N) is 2. The van der Waals surface area contributed by atoms with E-state index >= 15 is 4.39 Å². The molecule has 5 N–H and O–H groups in total. The van der Waals surface area contributed by atoms with Crippen LogP contribution in [0.2, 0.25) is 5.02 Å². The van der Waals surface area contributed by atoms with Crippen LogP contribution >= 0.6 is 11.6 Å². The molecule has 1 fully saturated rings. The Balaban J connectivity index is 1.75. The number of nitrogen functional groups attached to an aromatic ring is 1. The first-order valence-electron chi connectivity index (χ1n) is 12.1. The van der Waals surface area contributed by atoms with Crippen molar-refractivity contribution >= 4 is 23.2 Å². The fourth-order valence-corrected chi connectivity index (χ4v) is 5.63. The van der Waals surface area contributed by atoms with Crippen molar-refractivity contribution in [2.45, 2.75) is 30.9 Å². The van der Waals surface area contributed by atoms with Gasteiger partial charge in [0.25, 0.3) is 5.91 Å². The minimum atomic E-state index is -0.808. The molecule has 194 valence electrons. The second-order valence-electron chi connectivity index (χ2n) is 9.12. The molecule has 3 heterocycles. The monoisotopic (exact) mass is 526 g/mol. The topological polar surface area (TPSA) is 119 Å². The summed E-state index contributed by atoms with van der Waals surface area (Å²) in [4.78, 5) is 17.0. The maximum atomic E-state index is 15.4. The van der Waals surface area contributed by atoms with Gasteiger partial charge in [-0.15, -0.1) is 0 Å². The molecule has 5 rings (SSSR count). The Bertz CT molecular complexity index is 1330. The van der Waals surface area contributed by atoms with Crippen molar-refractivity contribution in [3.63, 3.8) is 0 Å². The van der Waals surface area contributed by atoms with Gasteiger partial charge in [-0.3, -0.25) is 4.79 Å². The number of pyridine rings is 1. The Morgan fingerprint density at radius 3 is 2.84 bits per heavy atom. The molecule has 8 nitrogen and oxygen atoms in total. The minimum absolute atomic E-state index is 0.0106. The van der Waals surface area contributed by atoms with Crippen molar-refractivity contribution in [3.8, 4) is 22.8 Å². The first-order chi connectivity index (χ1) is 17.9. The Labute approximate surface area is 218 Å². The number of ether oxygens (including phenoxy) is 2. The van der Waals surface area contributed by atoms with Gasteiger partial charge < -0.3 is 30.9 Å². The lowest BCUT2D eigenvalue weighted by atomic mass is 9.80. The van der Waals surface area contributed by atoms with Gasteiger partial charge in [-0.2, -0.15) is 0 Å². The van der Waals surface area contributed by atoms with Gasteiger partial charge in [0.15, 0.2) is 5.60 Å². The zero-order valence-electron chi connectivity index (χ0n) is 20.3. The summed E-state index contributed by atoms with van der Waals surface area (Å²) >= 11 is 6.62. The van der Waals surface area contributed by atoms with Gasteiger partial charge in [0.2, 0.25) is 5.88 Å². The van der Waals surface area contributed by atoms with Crippen LogP contribution in [0.5, 0.6) is 11.6 Å². The predicted octanol–water partition coefficient (Wildman–Crippen LogP) is 3.44. The summed E-state index contributed by atoms with van der Waals surface area (Å²) in [5.41, 5.74) is 7.86. The number of rotatable bonds is 7. The van der Waals surface area contributed by atoms with E-state index in [4.69, 9.17) is 26.8 Å². The van der Waals surface area contributed by atoms with E-state index in [2.05, 4.69) is 15.6 Å². The van der Waals surface area contributed by atoms with Crippen LogP contribution in [0.3, 0.4) is 0 Å². The highest BCUT2D eigenvalue weighted by molar-refractivity contribution is 6.34. The lowest BCUT2D eigenvalue weighted by Gasteiger charge is -2.35. The smallest absolute Gasteiger partial charge is 0.253 e. The van der Waals surface area contributed by atoms with E-state index in [9.17, 15) is 9.90 Å². The molecule has 2 aromatic carbocycles. The molecule has 0 unspecified atom stereocenters. The fraction of sp³-hybridized carbons (Fsp3) is 0.333. The molecule has 0 aliphatic carbocycles. The van der Waals surface area contributed by atoms with Crippen LogP contribution < -0.4 is 25.8 Å². The molecular formula is C27H28ClFN4O4. The molecule has 1 saturated heterocycles. The average Bonchev–Trinajstić information content (AvgIpc) is 3.58. The summed E-state index contributed by atoms with van der Waals surface area (Å²) in [5.74, 6) is -0.818.